The quantitative estimate of drug-likeness (QED) is 0.581. The number of hydrogen-bond donors (Lipinski definition) is 0. The van der Waals surface area contributed by atoms with Gasteiger partial charge < -0.3 is 0 Å². The topological polar surface area (TPSA) is 0 Å². The summed E-state index contributed by atoms with van der Waals surface area (Å²) in [6.07, 6.45) is 10.0. The van der Waals surface area contributed by atoms with E-state index in [1.54, 1.807) is 0 Å². The largest absolute Gasteiger partial charge is 0.0767 e. The second-order valence-corrected chi connectivity index (χ2v) is 24.8. The molecule has 0 N–H and O–H groups in total. The van der Waals surface area contributed by atoms with Gasteiger partial charge in [0.2, 0.25) is 0 Å². The third kappa shape index (κ3) is 12.8. The first kappa shape index (κ1) is 10.6. The van der Waals surface area contributed by atoms with Crippen LogP contribution >= 0.6 is 39.5 Å². The Balaban J connectivity index is 0.000000148. The zero-order valence-corrected chi connectivity index (χ0v) is 10.8. The van der Waals surface area contributed by atoms with Crippen LogP contribution in [0.15, 0.2) is 24.3 Å². The molecule has 1 aliphatic carbocycles. The maximum absolute atomic E-state index is 3.27. The molecule has 9 heavy (non-hydrogen) atoms. The molecule has 0 bridgehead atoms. The molecule has 0 saturated heterocycles. The molecule has 0 aromatic heterocycles. The van der Waals surface area contributed by atoms with Crippen LogP contribution in [0.25, 0.3) is 0 Å². The van der Waals surface area contributed by atoms with Crippen LogP contribution in [0.5, 0.6) is 0 Å². The smallest absolute Gasteiger partial charge is 0.00506 e. The van der Waals surface area contributed by atoms with Gasteiger partial charge in [0, 0.05) is 6.42 Å². The van der Waals surface area contributed by atoms with Crippen molar-refractivity contribution in [3.8, 4) is 0 Å². The summed E-state index contributed by atoms with van der Waals surface area (Å²) in [6.45, 7) is 0. The zero-order chi connectivity index (χ0) is 7.11. The van der Waals surface area contributed by atoms with Crippen molar-refractivity contribution in [1.82, 2.24) is 0 Å². The Kier molecular flexibility index (Phi) is 9.14. The molecule has 4 heteroatoms. The van der Waals surface area contributed by atoms with E-state index in [0.29, 0.717) is 0 Å². The van der Waals surface area contributed by atoms with Crippen LogP contribution in [0.4, 0.5) is 0 Å². The molecule has 0 aromatic carbocycles. The summed E-state index contributed by atoms with van der Waals surface area (Å²) in [5.41, 5.74) is 0. The summed E-state index contributed by atoms with van der Waals surface area (Å²) in [6, 6.07) is 0. The monoisotopic (exact) mass is 350 g/mol. The fourth-order valence-corrected chi connectivity index (χ4v) is 0.321. The average molecular weight is 353 g/mol. The number of halogens is 3. The van der Waals surface area contributed by atoms with Crippen molar-refractivity contribution in [2.75, 3.05) is 0 Å². The van der Waals surface area contributed by atoms with E-state index < -0.39 is 11.6 Å². The maximum Gasteiger partial charge on any atom is 0.00506 e. The van der Waals surface area contributed by atoms with Gasteiger partial charge in [-0.25, -0.2) is 0 Å². The summed E-state index contributed by atoms with van der Waals surface area (Å²) >= 11 is 8.92. The average Bonchev–Trinajstić information content (AvgIpc) is 2.11. The van der Waals surface area contributed by atoms with Gasteiger partial charge in [0.05, 0.1) is 0 Å². The molecule has 0 saturated carbocycles. The molecule has 0 aliphatic heterocycles. The van der Waals surface area contributed by atoms with Gasteiger partial charge >= 0.3 is 51.1 Å². The molecule has 1 aliphatic rings. The van der Waals surface area contributed by atoms with E-state index in [2.05, 4.69) is 39.5 Å². The molecular weight excluding hydrogens is 348 g/mol. The van der Waals surface area contributed by atoms with Crippen molar-refractivity contribution in [3.05, 3.63) is 30.7 Å². The van der Waals surface area contributed by atoms with Gasteiger partial charge in [-0.2, -0.15) is 0 Å². The van der Waals surface area contributed by atoms with Crippen molar-refractivity contribution < 1.29 is 11.6 Å². The normalized spacial score (nSPS) is 12.8. The molecule has 50 valence electrons. The summed E-state index contributed by atoms with van der Waals surface area (Å²) in [4.78, 5) is 0. The Morgan fingerprint density at radius 3 is 1.22 bits per heavy atom. The molecule has 0 aromatic rings. The summed E-state index contributed by atoms with van der Waals surface area (Å²) < 4.78 is 0. The standard InChI is InChI=1S/C5H5.3BrH.Ti/c1-2-4-5-3-1;;;;/h1-5H;3*1H;/q;;;;+3/p-3. The van der Waals surface area contributed by atoms with E-state index in [9.17, 15) is 0 Å². The molecule has 0 amide bonds. The number of allylic oxidation sites excluding steroid dienone is 4. The van der Waals surface area contributed by atoms with E-state index in [1.807, 2.05) is 30.7 Å². The van der Waals surface area contributed by atoms with Crippen LogP contribution in [0.1, 0.15) is 0 Å². The van der Waals surface area contributed by atoms with Crippen LogP contribution in [0.2, 0.25) is 0 Å². The van der Waals surface area contributed by atoms with Gasteiger partial charge in [-0.15, -0.1) is 0 Å². The van der Waals surface area contributed by atoms with Gasteiger partial charge in [0.15, 0.2) is 0 Å². The zero-order valence-electron chi connectivity index (χ0n) is 4.52. The van der Waals surface area contributed by atoms with E-state index in [-0.39, 0.29) is 0 Å². The second-order valence-electron chi connectivity index (χ2n) is 1.18. The third-order valence-electron chi connectivity index (χ3n) is 0.556. The minimum absolute atomic E-state index is 0.896. The van der Waals surface area contributed by atoms with Crippen molar-refractivity contribution >= 4 is 39.5 Å². The van der Waals surface area contributed by atoms with Crippen molar-refractivity contribution in [2.24, 2.45) is 0 Å². The molecule has 0 nitrogen and oxygen atoms in total. The molecule has 0 spiro atoms. The molecule has 0 fully saturated rings. The van der Waals surface area contributed by atoms with E-state index in [4.69, 9.17) is 0 Å². The summed E-state index contributed by atoms with van der Waals surface area (Å²) in [5.74, 6) is 0. The van der Waals surface area contributed by atoms with Gasteiger partial charge in [0.1, 0.15) is 0 Å². The van der Waals surface area contributed by atoms with Gasteiger partial charge in [-0.3, -0.25) is 0 Å². The van der Waals surface area contributed by atoms with E-state index in [0.717, 1.165) is 0 Å². The van der Waals surface area contributed by atoms with Gasteiger partial charge in [0.25, 0.3) is 0 Å². The Hall–Kier alpha value is 1.63. The number of rotatable bonds is 0. The predicted molar refractivity (Wildman–Crippen MR) is 49.4 cm³/mol. The first-order valence-corrected chi connectivity index (χ1v) is 13.8. The van der Waals surface area contributed by atoms with Gasteiger partial charge in [-0.1, -0.05) is 24.3 Å². The fraction of sp³-hybridized carbons (Fsp3) is 0. The van der Waals surface area contributed by atoms with Crippen molar-refractivity contribution in [2.45, 2.75) is 0 Å². The van der Waals surface area contributed by atoms with Crippen molar-refractivity contribution in [3.63, 3.8) is 0 Å². The minimum Gasteiger partial charge on any atom is -0.0767 e. The molecular formula is C5H5Br3Ti. The predicted octanol–water partition coefficient (Wildman–Crippen LogP) is 3.85. The Labute approximate surface area is 80.8 Å². The fourth-order valence-electron chi connectivity index (χ4n) is 0.321. The van der Waals surface area contributed by atoms with Crippen LogP contribution in [-0.2, 0) is 11.6 Å². The Bertz CT molecular complexity index is 96.0. The molecule has 0 atom stereocenters. The van der Waals surface area contributed by atoms with Crippen LogP contribution in [-0.4, -0.2) is 0 Å². The van der Waals surface area contributed by atoms with Crippen LogP contribution < -0.4 is 0 Å². The first-order valence-electron chi connectivity index (χ1n) is 2.23. The molecule has 0 unspecified atom stereocenters. The maximum atomic E-state index is 3.27. The second kappa shape index (κ2) is 7.74. The van der Waals surface area contributed by atoms with E-state index in [1.165, 1.54) is 0 Å². The Morgan fingerprint density at radius 1 is 0.778 bits per heavy atom. The molecule has 0 heterocycles. The third-order valence-corrected chi connectivity index (χ3v) is 0.556. The Morgan fingerprint density at radius 2 is 1.11 bits per heavy atom. The first-order chi connectivity index (χ1) is 4.23. The SMILES string of the molecule is [Br][Ti]([Br])[Br].[CH]1C=CC=C1. The van der Waals surface area contributed by atoms with Crippen LogP contribution in [0, 0.1) is 6.42 Å². The summed E-state index contributed by atoms with van der Waals surface area (Å²) in [7, 11) is 0. The van der Waals surface area contributed by atoms with Gasteiger partial charge in [-0.05, 0) is 0 Å². The summed E-state index contributed by atoms with van der Waals surface area (Å²) in [5, 5.41) is 0. The molecule has 1 rings (SSSR count). The van der Waals surface area contributed by atoms with Crippen molar-refractivity contribution in [1.29, 1.82) is 0 Å². The van der Waals surface area contributed by atoms with Crippen LogP contribution in [0.3, 0.4) is 0 Å². The molecule has 1 radical (unpaired) electrons. The number of hydrogen-bond acceptors (Lipinski definition) is 0. The minimum atomic E-state index is -0.896. The van der Waals surface area contributed by atoms with E-state index >= 15 is 0 Å².